The summed E-state index contributed by atoms with van der Waals surface area (Å²) < 4.78 is 27.0. The first kappa shape index (κ1) is 18.2. The Kier molecular flexibility index (Phi) is 5.15. The van der Waals surface area contributed by atoms with Crippen molar-refractivity contribution in [1.29, 1.82) is 0 Å². The Morgan fingerprint density at radius 1 is 1.12 bits per heavy atom. The third kappa shape index (κ3) is 3.66. The molecule has 0 radical (unpaired) electrons. The standard InChI is InChI=1S/C18H18N2O5S/c21-18(14-6-2-1-3-7-14)15-8-5-11-19(13-15)26(24,25)17-10-4-9-16(12-17)20(22)23/h1-4,6-7,9-10,12,15H,5,8,11,13H2. The van der Waals surface area contributed by atoms with Crippen molar-refractivity contribution >= 4 is 21.5 Å². The molecule has 0 bridgehead atoms. The van der Waals surface area contributed by atoms with E-state index in [0.717, 1.165) is 6.07 Å². The molecule has 8 heteroatoms. The van der Waals surface area contributed by atoms with Crippen molar-refractivity contribution < 1.29 is 18.1 Å². The molecule has 0 N–H and O–H groups in total. The number of nitro benzene ring substituents is 1. The van der Waals surface area contributed by atoms with Crippen molar-refractivity contribution in [2.45, 2.75) is 17.7 Å². The number of sulfonamides is 1. The molecule has 0 aromatic heterocycles. The normalized spacial score (nSPS) is 18.4. The number of hydrogen-bond acceptors (Lipinski definition) is 5. The third-order valence-electron chi connectivity index (χ3n) is 4.48. The molecule has 0 spiro atoms. The second kappa shape index (κ2) is 7.35. The molecule has 2 aromatic rings. The van der Waals surface area contributed by atoms with Crippen molar-refractivity contribution in [3.63, 3.8) is 0 Å². The smallest absolute Gasteiger partial charge is 0.270 e. The highest BCUT2D eigenvalue weighted by molar-refractivity contribution is 7.89. The van der Waals surface area contributed by atoms with E-state index in [1.54, 1.807) is 24.3 Å². The first-order valence-corrected chi connectivity index (χ1v) is 9.67. The summed E-state index contributed by atoms with van der Waals surface area (Å²) in [7, 11) is -3.89. The maximum absolute atomic E-state index is 12.9. The van der Waals surface area contributed by atoms with Crippen LogP contribution in [0.2, 0.25) is 0 Å². The molecule has 1 unspecified atom stereocenters. The lowest BCUT2D eigenvalue weighted by molar-refractivity contribution is -0.385. The highest BCUT2D eigenvalue weighted by Gasteiger charge is 2.34. The Hall–Kier alpha value is -2.58. The van der Waals surface area contributed by atoms with Crippen LogP contribution in [0, 0.1) is 16.0 Å². The Labute approximate surface area is 151 Å². The van der Waals surface area contributed by atoms with Gasteiger partial charge in [0.2, 0.25) is 10.0 Å². The van der Waals surface area contributed by atoms with Gasteiger partial charge in [0.1, 0.15) is 0 Å². The molecule has 26 heavy (non-hydrogen) atoms. The zero-order valence-corrected chi connectivity index (χ0v) is 14.8. The number of benzene rings is 2. The molecule has 0 saturated carbocycles. The van der Waals surface area contributed by atoms with Crippen LogP contribution in [0.3, 0.4) is 0 Å². The number of piperidine rings is 1. The summed E-state index contributed by atoms with van der Waals surface area (Å²) in [6, 6.07) is 13.8. The van der Waals surface area contributed by atoms with Gasteiger partial charge in [-0.25, -0.2) is 8.42 Å². The van der Waals surface area contributed by atoms with Crippen LogP contribution < -0.4 is 0 Å². The number of carbonyl (C=O) groups is 1. The predicted octanol–water partition coefficient (Wildman–Crippen LogP) is 2.88. The van der Waals surface area contributed by atoms with Crippen LogP contribution in [-0.2, 0) is 10.0 Å². The second-order valence-corrected chi connectivity index (χ2v) is 8.12. The Morgan fingerprint density at radius 2 is 1.85 bits per heavy atom. The van der Waals surface area contributed by atoms with Crippen molar-refractivity contribution in [3.8, 4) is 0 Å². The Balaban J connectivity index is 1.83. The van der Waals surface area contributed by atoms with E-state index in [2.05, 4.69) is 0 Å². The summed E-state index contributed by atoms with van der Waals surface area (Å²) in [5.41, 5.74) is 0.284. The number of Topliss-reactive ketones (excluding diaryl/α,β-unsaturated/α-hetero) is 1. The van der Waals surface area contributed by atoms with E-state index in [1.807, 2.05) is 6.07 Å². The topological polar surface area (TPSA) is 97.6 Å². The second-order valence-electron chi connectivity index (χ2n) is 6.19. The molecule has 0 amide bonds. The molecular weight excluding hydrogens is 356 g/mol. The predicted molar refractivity (Wildman–Crippen MR) is 95.4 cm³/mol. The molecule has 136 valence electrons. The molecule has 1 fully saturated rings. The summed E-state index contributed by atoms with van der Waals surface area (Å²) in [5, 5.41) is 10.9. The van der Waals surface area contributed by atoms with Gasteiger partial charge in [0.25, 0.3) is 5.69 Å². The highest BCUT2D eigenvalue weighted by atomic mass is 32.2. The maximum Gasteiger partial charge on any atom is 0.270 e. The van der Waals surface area contributed by atoms with Gasteiger partial charge in [-0.05, 0) is 18.9 Å². The van der Waals surface area contributed by atoms with E-state index >= 15 is 0 Å². The SMILES string of the molecule is O=C(c1ccccc1)C1CCCN(S(=O)(=O)c2cccc([N+](=O)[O-])c2)C1. The zero-order valence-electron chi connectivity index (χ0n) is 13.9. The largest absolute Gasteiger partial charge is 0.294 e. The zero-order chi connectivity index (χ0) is 18.7. The van der Waals surface area contributed by atoms with Crippen LogP contribution >= 0.6 is 0 Å². The van der Waals surface area contributed by atoms with Gasteiger partial charge in [-0.2, -0.15) is 4.31 Å². The fraction of sp³-hybridized carbons (Fsp3) is 0.278. The monoisotopic (exact) mass is 374 g/mol. The van der Waals surface area contributed by atoms with Gasteiger partial charge in [0, 0.05) is 36.7 Å². The summed E-state index contributed by atoms with van der Waals surface area (Å²) in [4.78, 5) is 22.8. The first-order valence-electron chi connectivity index (χ1n) is 8.23. The minimum absolute atomic E-state index is 0.0791. The molecule has 1 saturated heterocycles. The van der Waals surface area contributed by atoms with Gasteiger partial charge >= 0.3 is 0 Å². The van der Waals surface area contributed by atoms with Crippen LogP contribution in [0.4, 0.5) is 5.69 Å². The van der Waals surface area contributed by atoms with E-state index in [0.29, 0.717) is 24.9 Å². The molecule has 0 aliphatic carbocycles. The van der Waals surface area contributed by atoms with E-state index in [9.17, 15) is 23.3 Å². The van der Waals surface area contributed by atoms with Gasteiger partial charge < -0.3 is 0 Å². The number of carbonyl (C=O) groups excluding carboxylic acids is 1. The van der Waals surface area contributed by atoms with Gasteiger partial charge in [0.15, 0.2) is 5.78 Å². The van der Waals surface area contributed by atoms with E-state index in [4.69, 9.17) is 0 Å². The van der Waals surface area contributed by atoms with E-state index in [-0.39, 0.29) is 22.9 Å². The molecule has 1 atom stereocenters. The fourth-order valence-corrected chi connectivity index (χ4v) is 4.68. The van der Waals surface area contributed by atoms with Crippen LogP contribution in [0.15, 0.2) is 59.5 Å². The molecule has 1 aliphatic rings. The summed E-state index contributed by atoms with van der Waals surface area (Å²) in [6.07, 6.45) is 1.19. The van der Waals surface area contributed by atoms with Gasteiger partial charge in [-0.1, -0.05) is 36.4 Å². The van der Waals surface area contributed by atoms with Crippen LogP contribution in [0.25, 0.3) is 0 Å². The number of non-ortho nitro benzene ring substituents is 1. The lowest BCUT2D eigenvalue weighted by Gasteiger charge is -2.31. The quantitative estimate of drug-likeness (QED) is 0.455. The fourth-order valence-electron chi connectivity index (χ4n) is 3.12. The highest BCUT2D eigenvalue weighted by Crippen LogP contribution is 2.27. The molecule has 1 aliphatic heterocycles. The number of nitrogens with zero attached hydrogens (tertiary/aromatic N) is 2. The van der Waals surface area contributed by atoms with Crippen molar-refractivity contribution in [2.24, 2.45) is 5.92 Å². The third-order valence-corrected chi connectivity index (χ3v) is 6.34. The van der Waals surface area contributed by atoms with Crippen LogP contribution in [0.1, 0.15) is 23.2 Å². The molecule has 7 nitrogen and oxygen atoms in total. The first-order chi connectivity index (χ1) is 12.4. The lowest BCUT2D eigenvalue weighted by atomic mass is 9.91. The van der Waals surface area contributed by atoms with Gasteiger partial charge in [-0.3, -0.25) is 14.9 Å². The van der Waals surface area contributed by atoms with Crippen molar-refractivity contribution in [2.75, 3.05) is 13.1 Å². The number of ketones is 1. The minimum Gasteiger partial charge on any atom is -0.294 e. The average molecular weight is 374 g/mol. The van der Waals surface area contributed by atoms with Crippen molar-refractivity contribution in [3.05, 3.63) is 70.3 Å². The van der Waals surface area contributed by atoms with Gasteiger partial charge in [0.05, 0.1) is 9.82 Å². The Bertz CT molecular complexity index is 928. The van der Waals surface area contributed by atoms with E-state index in [1.165, 1.54) is 22.5 Å². The average Bonchev–Trinajstić information content (AvgIpc) is 2.68. The van der Waals surface area contributed by atoms with Crippen LogP contribution in [0.5, 0.6) is 0 Å². The maximum atomic E-state index is 12.9. The molecular formula is C18H18N2O5S. The number of nitro groups is 1. The summed E-state index contributed by atoms with van der Waals surface area (Å²) in [5.74, 6) is -0.496. The number of rotatable bonds is 5. The van der Waals surface area contributed by atoms with E-state index < -0.39 is 20.9 Å². The summed E-state index contributed by atoms with van der Waals surface area (Å²) >= 11 is 0. The molecule has 3 rings (SSSR count). The van der Waals surface area contributed by atoms with Gasteiger partial charge in [-0.15, -0.1) is 0 Å². The number of hydrogen-bond donors (Lipinski definition) is 0. The minimum atomic E-state index is -3.89. The molecule has 1 heterocycles. The Morgan fingerprint density at radius 3 is 2.54 bits per heavy atom. The molecule has 2 aromatic carbocycles. The van der Waals surface area contributed by atoms with Crippen LogP contribution in [-0.4, -0.2) is 36.5 Å². The summed E-state index contributed by atoms with van der Waals surface area (Å²) in [6.45, 7) is 0.377. The lowest BCUT2D eigenvalue weighted by Crippen LogP contribution is -2.42. The van der Waals surface area contributed by atoms with Crippen molar-refractivity contribution in [1.82, 2.24) is 4.31 Å².